The molecule has 4 nitrogen and oxygen atoms in total. The third-order valence-electron chi connectivity index (χ3n) is 2.62. The van der Waals surface area contributed by atoms with Gasteiger partial charge >= 0.3 is 0 Å². The third-order valence-corrected chi connectivity index (χ3v) is 2.62. The number of anilines is 2. The summed E-state index contributed by atoms with van der Waals surface area (Å²) in [6.45, 7) is 1.19. The first-order valence-corrected chi connectivity index (χ1v) is 6.01. The molecule has 0 aromatic heterocycles. The minimum atomic E-state index is 0.522. The van der Waals surface area contributed by atoms with Crippen LogP contribution in [0.4, 0.5) is 11.4 Å². The van der Waals surface area contributed by atoms with Crippen LogP contribution in [0.15, 0.2) is 48.5 Å². The van der Waals surface area contributed by atoms with Gasteiger partial charge in [-0.05, 0) is 36.4 Å². The first-order valence-electron chi connectivity index (χ1n) is 6.01. The molecule has 0 aliphatic heterocycles. The summed E-state index contributed by atoms with van der Waals surface area (Å²) >= 11 is 0. The highest BCUT2D eigenvalue weighted by atomic mass is 16.5. The van der Waals surface area contributed by atoms with E-state index in [2.05, 4.69) is 11.4 Å². The Hall–Kier alpha value is -2.67. The molecule has 0 radical (unpaired) electrons. The van der Waals surface area contributed by atoms with Crippen molar-refractivity contribution in [3.63, 3.8) is 0 Å². The molecule has 3 N–H and O–H groups in total. The molecule has 0 fully saturated rings. The minimum absolute atomic E-state index is 0.522. The monoisotopic (exact) mass is 253 g/mol. The van der Waals surface area contributed by atoms with Crippen LogP contribution in [-0.4, -0.2) is 13.2 Å². The Morgan fingerprint density at radius 3 is 2.53 bits per heavy atom. The maximum absolute atomic E-state index is 8.69. The molecule has 2 rings (SSSR count). The van der Waals surface area contributed by atoms with Crippen LogP contribution < -0.4 is 15.8 Å². The fourth-order valence-electron chi connectivity index (χ4n) is 1.63. The quantitative estimate of drug-likeness (QED) is 0.634. The highest BCUT2D eigenvalue weighted by molar-refractivity contribution is 5.52. The van der Waals surface area contributed by atoms with Gasteiger partial charge in [-0.3, -0.25) is 0 Å². The number of ether oxygens (including phenoxy) is 1. The summed E-state index contributed by atoms with van der Waals surface area (Å²) in [5.41, 5.74) is 8.02. The first-order chi connectivity index (χ1) is 9.29. The lowest BCUT2D eigenvalue weighted by Gasteiger charge is -2.10. The van der Waals surface area contributed by atoms with Gasteiger partial charge in [-0.1, -0.05) is 12.1 Å². The summed E-state index contributed by atoms with van der Waals surface area (Å²) in [7, 11) is 0. The zero-order chi connectivity index (χ0) is 13.5. The van der Waals surface area contributed by atoms with E-state index in [4.69, 9.17) is 15.7 Å². The lowest BCUT2D eigenvalue weighted by molar-refractivity contribution is 0.334. The van der Waals surface area contributed by atoms with Crippen LogP contribution in [0.5, 0.6) is 5.75 Å². The largest absolute Gasteiger partial charge is 0.490 e. The standard InChI is InChI=1S/C15H15N3O/c16-11-12-5-7-13(8-6-12)18-9-10-19-15-4-2-1-3-14(15)17/h1-8,18H,9-10,17H2. The number of nitrogen functional groups attached to an aromatic ring is 1. The molecule has 0 aliphatic carbocycles. The summed E-state index contributed by atoms with van der Waals surface area (Å²) in [5.74, 6) is 0.698. The molecule has 0 bridgehead atoms. The van der Waals surface area contributed by atoms with Crippen LogP contribution in [0, 0.1) is 11.3 Å². The average molecular weight is 253 g/mol. The van der Waals surface area contributed by atoms with E-state index < -0.39 is 0 Å². The van der Waals surface area contributed by atoms with E-state index in [0.717, 1.165) is 5.69 Å². The lowest BCUT2D eigenvalue weighted by Crippen LogP contribution is -2.12. The van der Waals surface area contributed by atoms with Crippen molar-refractivity contribution >= 4 is 11.4 Å². The van der Waals surface area contributed by atoms with E-state index in [0.29, 0.717) is 30.2 Å². The summed E-state index contributed by atoms with van der Waals surface area (Å²) in [4.78, 5) is 0. The molecular weight excluding hydrogens is 238 g/mol. The molecule has 4 heteroatoms. The van der Waals surface area contributed by atoms with Crippen LogP contribution in [-0.2, 0) is 0 Å². The Labute approximate surface area is 112 Å². The zero-order valence-electron chi connectivity index (χ0n) is 10.5. The van der Waals surface area contributed by atoms with Gasteiger partial charge in [0.05, 0.1) is 17.3 Å². The maximum Gasteiger partial charge on any atom is 0.142 e. The van der Waals surface area contributed by atoms with Crippen LogP contribution in [0.3, 0.4) is 0 Å². The molecule has 0 spiro atoms. The SMILES string of the molecule is N#Cc1ccc(NCCOc2ccccc2N)cc1. The van der Waals surface area contributed by atoms with E-state index in [1.165, 1.54) is 0 Å². The Balaban J connectivity index is 1.78. The van der Waals surface area contributed by atoms with Gasteiger partial charge in [0.15, 0.2) is 0 Å². The normalized spacial score (nSPS) is 9.63. The highest BCUT2D eigenvalue weighted by Crippen LogP contribution is 2.19. The van der Waals surface area contributed by atoms with E-state index in [1.807, 2.05) is 36.4 Å². The Kier molecular flexibility index (Phi) is 4.25. The van der Waals surface area contributed by atoms with Crippen molar-refractivity contribution in [1.82, 2.24) is 0 Å². The topological polar surface area (TPSA) is 71.1 Å². The third kappa shape index (κ3) is 3.65. The lowest BCUT2D eigenvalue weighted by atomic mass is 10.2. The van der Waals surface area contributed by atoms with E-state index in [9.17, 15) is 0 Å². The van der Waals surface area contributed by atoms with Crippen molar-refractivity contribution in [2.24, 2.45) is 0 Å². The summed E-state index contributed by atoms with van der Waals surface area (Å²) < 4.78 is 5.56. The number of nitrogens with one attached hydrogen (secondary N) is 1. The molecule has 0 saturated heterocycles. The number of benzene rings is 2. The van der Waals surface area contributed by atoms with Gasteiger partial charge in [0, 0.05) is 12.2 Å². The highest BCUT2D eigenvalue weighted by Gasteiger charge is 1.98. The van der Waals surface area contributed by atoms with Gasteiger partial charge in [0.1, 0.15) is 12.4 Å². The number of nitrogens with two attached hydrogens (primary N) is 1. The van der Waals surface area contributed by atoms with Crippen molar-refractivity contribution in [2.45, 2.75) is 0 Å². The zero-order valence-corrected chi connectivity index (χ0v) is 10.5. The average Bonchev–Trinajstić information content (AvgIpc) is 2.46. The van der Waals surface area contributed by atoms with Gasteiger partial charge in [-0.25, -0.2) is 0 Å². The predicted molar refractivity (Wildman–Crippen MR) is 76.0 cm³/mol. The second kappa shape index (κ2) is 6.31. The first kappa shape index (κ1) is 12.8. The second-order valence-corrected chi connectivity index (χ2v) is 4.00. The fourth-order valence-corrected chi connectivity index (χ4v) is 1.63. The predicted octanol–water partition coefficient (Wildman–Crippen LogP) is 2.63. The molecule has 0 heterocycles. The molecular formula is C15H15N3O. The number of para-hydroxylation sites is 2. The van der Waals surface area contributed by atoms with Crippen molar-refractivity contribution in [2.75, 3.05) is 24.2 Å². The molecule has 96 valence electrons. The van der Waals surface area contributed by atoms with Gasteiger partial charge in [-0.15, -0.1) is 0 Å². The number of hydrogen-bond acceptors (Lipinski definition) is 4. The molecule has 0 unspecified atom stereocenters. The molecule has 0 saturated carbocycles. The number of nitriles is 1. The Morgan fingerprint density at radius 1 is 1.11 bits per heavy atom. The van der Waals surface area contributed by atoms with Crippen LogP contribution >= 0.6 is 0 Å². The minimum Gasteiger partial charge on any atom is -0.490 e. The van der Waals surface area contributed by atoms with Gasteiger partial charge in [0.2, 0.25) is 0 Å². The molecule has 0 amide bonds. The van der Waals surface area contributed by atoms with Gasteiger partial charge < -0.3 is 15.8 Å². The second-order valence-electron chi connectivity index (χ2n) is 4.00. The Morgan fingerprint density at radius 2 is 1.84 bits per heavy atom. The van der Waals surface area contributed by atoms with E-state index in [1.54, 1.807) is 12.1 Å². The van der Waals surface area contributed by atoms with Crippen molar-refractivity contribution in [3.05, 3.63) is 54.1 Å². The summed E-state index contributed by atoms with van der Waals surface area (Å²) in [6.07, 6.45) is 0. The van der Waals surface area contributed by atoms with Gasteiger partial charge in [-0.2, -0.15) is 5.26 Å². The molecule has 0 aliphatic rings. The number of nitrogens with zero attached hydrogens (tertiary/aromatic N) is 1. The Bertz CT molecular complexity index is 573. The molecule has 0 atom stereocenters. The van der Waals surface area contributed by atoms with E-state index in [-0.39, 0.29) is 0 Å². The summed E-state index contributed by atoms with van der Waals surface area (Å²) in [5, 5.41) is 11.9. The maximum atomic E-state index is 8.69. The number of hydrogen-bond donors (Lipinski definition) is 2. The van der Waals surface area contributed by atoms with Crippen LogP contribution in [0.2, 0.25) is 0 Å². The molecule has 2 aromatic rings. The molecule has 2 aromatic carbocycles. The van der Waals surface area contributed by atoms with Crippen molar-refractivity contribution in [1.29, 1.82) is 5.26 Å². The smallest absolute Gasteiger partial charge is 0.142 e. The van der Waals surface area contributed by atoms with Crippen molar-refractivity contribution < 1.29 is 4.74 Å². The van der Waals surface area contributed by atoms with Crippen molar-refractivity contribution in [3.8, 4) is 11.8 Å². The van der Waals surface area contributed by atoms with Crippen LogP contribution in [0.25, 0.3) is 0 Å². The van der Waals surface area contributed by atoms with Crippen LogP contribution in [0.1, 0.15) is 5.56 Å². The summed E-state index contributed by atoms with van der Waals surface area (Å²) in [6, 6.07) is 16.8. The molecule has 19 heavy (non-hydrogen) atoms. The fraction of sp³-hybridized carbons (Fsp3) is 0.133. The van der Waals surface area contributed by atoms with Gasteiger partial charge in [0.25, 0.3) is 0 Å². The number of rotatable bonds is 5. The van der Waals surface area contributed by atoms with E-state index >= 15 is 0 Å².